The average Bonchev–Trinajstić information content (AvgIpc) is 2.28. The number of aliphatic hydroxyl groups is 1. The summed E-state index contributed by atoms with van der Waals surface area (Å²) in [5.74, 6) is 0. The predicted molar refractivity (Wildman–Crippen MR) is 68.8 cm³/mol. The van der Waals surface area contributed by atoms with E-state index in [-0.39, 0.29) is 6.03 Å². The Morgan fingerprint density at radius 3 is 2.59 bits per heavy atom. The molecule has 2 amide bonds. The monoisotopic (exact) mass is 237 g/mol. The number of carbonyl (C=O) groups excluding carboxylic acids is 1. The molecule has 0 radical (unpaired) electrons. The maximum atomic E-state index is 11.7. The Bertz CT molecular complexity index is 363. The number of nitrogen functional groups attached to an aromatic ring is 1. The van der Waals surface area contributed by atoms with Crippen molar-refractivity contribution in [3.05, 3.63) is 24.3 Å². The molecule has 1 atom stereocenters. The fourth-order valence-corrected chi connectivity index (χ4v) is 1.27. The number of hydrogen-bond acceptors (Lipinski definition) is 3. The molecule has 0 fully saturated rings. The summed E-state index contributed by atoms with van der Waals surface area (Å²) in [6.45, 7) is 2.21. The maximum Gasteiger partial charge on any atom is 0.321 e. The van der Waals surface area contributed by atoms with E-state index >= 15 is 0 Å². The van der Waals surface area contributed by atoms with Gasteiger partial charge in [-0.05, 0) is 37.6 Å². The topological polar surface area (TPSA) is 78.6 Å². The smallest absolute Gasteiger partial charge is 0.321 e. The first-order valence-corrected chi connectivity index (χ1v) is 5.55. The van der Waals surface area contributed by atoms with Crippen molar-refractivity contribution < 1.29 is 9.90 Å². The molecule has 0 saturated carbocycles. The van der Waals surface area contributed by atoms with Crippen LogP contribution in [0, 0.1) is 0 Å². The molecule has 1 aromatic carbocycles. The van der Waals surface area contributed by atoms with Gasteiger partial charge in [0.15, 0.2) is 0 Å². The Labute approximate surface area is 101 Å². The Morgan fingerprint density at radius 1 is 1.47 bits per heavy atom. The summed E-state index contributed by atoms with van der Waals surface area (Å²) in [6.07, 6.45) is 0.160. The summed E-state index contributed by atoms with van der Waals surface area (Å²) in [5, 5.41) is 11.9. The summed E-state index contributed by atoms with van der Waals surface area (Å²) in [4.78, 5) is 13.2. The van der Waals surface area contributed by atoms with Crippen LogP contribution in [0.4, 0.5) is 16.2 Å². The van der Waals surface area contributed by atoms with E-state index in [9.17, 15) is 4.79 Å². The minimum atomic E-state index is -0.401. The van der Waals surface area contributed by atoms with Gasteiger partial charge in [-0.3, -0.25) is 0 Å². The first-order valence-electron chi connectivity index (χ1n) is 5.55. The quantitative estimate of drug-likeness (QED) is 0.694. The average molecular weight is 237 g/mol. The number of urea groups is 1. The fourth-order valence-electron chi connectivity index (χ4n) is 1.27. The molecule has 4 N–H and O–H groups in total. The molecule has 0 aliphatic heterocycles. The lowest BCUT2D eigenvalue weighted by atomic mass is 10.3. The Hall–Kier alpha value is -1.75. The van der Waals surface area contributed by atoms with Gasteiger partial charge in [-0.1, -0.05) is 0 Å². The zero-order chi connectivity index (χ0) is 12.8. The summed E-state index contributed by atoms with van der Waals surface area (Å²) in [7, 11) is 1.69. The van der Waals surface area contributed by atoms with E-state index in [4.69, 9.17) is 10.8 Å². The van der Waals surface area contributed by atoms with Crippen LogP contribution in [0.2, 0.25) is 0 Å². The number of hydrogen-bond donors (Lipinski definition) is 3. The van der Waals surface area contributed by atoms with Gasteiger partial charge in [-0.15, -0.1) is 0 Å². The van der Waals surface area contributed by atoms with Crippen molar-refractivity contribution in [1.82, 2.24) is 4.90 Å². The van der Waals surface area contributed by atoms with Crippen molar-refractivity contribution in [3.8, 4) is 0 Å². The molecule has 1 aromatic rings. The molecule has 1 unspecified atom stereocenters. The van der Waals surface area contributed by atoms with E-state index in [0.717, 1.165) is 0 Å². The van der Waals surface area contributed by atoms with Crippen LogP contribution in [0.1, 0.15) is 13.3 Å². The first kappa shape index (κ1) is 13.3. The number of nitrogens with two attached hydrogens (primary N) is 1. The van der Waals surface area contributed by atoms with Crippen LogP contribution in [-0.4, -0.2) is 35.7 Å². The summed E-state index contributed by atoms with van der Waals surface area (Å²) < 4.78 is 0. The van der Waals surface area contributed by atoms with Crippen LogP contribution in [-0.2, 0) is 0 Å². The third-order valence-corrected chi connectivity index (χ3v) is 2.39. The second-order valence-electron chi connectivity index (χ2n) is 4.11. The van der Waals surface area contributed by atoms with Gasteiger partial charge in [-0.2, -0.15) is 0 Å². The zero-order valence-corrected chi connectivity index (χ0v) is 10.2. The normalized spacial score (nSPS) is 11.9. The Balaban J connectivity index is 2.45. The van der Waals surface area contributed by atoms with E-state index in [1.807, 2.05) is 0 Å². The molecule has 1 rings (SSSR count). The van der Waals surface area contributed by atoms with Crippen molar-refractivity contribution in [2.75, 3.05) is 24.6 Å². The van der Waals surface area contributed by atoms with E-state index in [2.05, 4.69) is 5.32 Å². The zero-order valence-electron chi connectivity index (χ0n) is 10.2. The van der Waals surface area contributed by atoms with Crippen molar-refractivity contribution in [2.24, 2.45) is 0 Å². The molecule has 0 heterocycles. The second-order valence-corrected chi connectivity index (χ2v) is 4.11. The van der Waals surface area contributed by atoms with Gasteiger partial charge < -0.3 is 21.1 Å². The fraction of sp³-hybridized carbons (Fsp3) is 0.417. The van der Waals surface area contributed by atoms with Crippen LogP contribution in [0.25, 0.3) is 0 Å². The minimum absolute atomic E-state index is 0.199. The molecule has 5 nitrogen and oxygen atoms in total. The standard InChI is InChI=1S/C12H19N3O2/c1-9(16)7-8-15(2)12(17)14-11-5-3-10(13)4-6-11/h3-6,9,16H,7-8,13H2,1-2H3,(H,14,17). The van der Waals surface area contributed by atoms with Crippen LogP contribution < -0.4 is 11.1 Å². The number of anilines is 2. The van der Waals surface area contributed by atoms with E-state index in [0.29, 0.717) is 24.3 Å². The Kier molecular flexibility index (Phi) is 4.78. The van der Waals surface area contributed by atoms with Crippen molar-refractivity contribution in [1.29, 1.82) is 0 Å². The first-order chi connectivity index (χ1) is 7.99. The molecule has 0 saturated heterocycles. The molecular weight excluding hydrogens is 218 g/mol. The highest BCUT2D eigenvalue weighted by molar-refractivity contribution is 5.89. The number of aliphatic hydroxyl groups excluding tert-OH is 1. The number of carbonyl (C=O) groups is 1. The number of benzene rings is 1. The van der Waals surface area contributed by atoms with Gasteiger partial charge >= 0.3 is 6.03 Å². The van der Waals surface area contributed by atoms with Crippen LogP contribution >= 0.6 is 0 Å². The lowest BCUT2D eigenvalue weighted by Gasteiger charge is -2.18. The molecule has 0 spiro atoms. The molecule has 0 aromatic heterocycles. The van der Waals surface area contributed by atoms with E-state index < -0.39 is 6.10 Å². The molecule has 94 valence electrons. The lowest BCUT2D eigenvalue weighted by Crippen LogP contribution is -2.33. The van der Waals surface area contributed by atoms with Gasteiger partial charge in [0.25, 0.3) is 0 Å². The summed E-state index contributed by atoms with van der Waals surface area (Å²) in [5.41, 5.74) is 6.91. The van der Waals surface area contributed by atoms with E-state index in [1.165, 1.54) is 4.90 Å². The molecular formula is C12H19N3O2. The predicted octanol–water partition coefficient (Wildman–Crippen LogP) is 1.50. The van der Waals surface area contributed by atoms with Crippen LogP contribution in [0.3, 0.4) is 0 Å². The molecule has 0 aliphatic rings. The SMILES string of the molecule is CC(O)CCN(C)C(=O)Nc1ccc(N)cc1. The van der Waals surface area contributed by atoms with Gasteiger partial charge in [0.1, 0.15) is 0 Å². The van der Waals surface area contributed by atoms with Crippen LogP contribution in [0.15, 0.2) is 24.3 Å². The van der Waals surface area contributed by atoms with Gasteiger partial charge in [-0.25, -0.2) is 4.79 Å². The van der Waals surface area contributed by atoms with E-state index in [1.54, 1.807) is 38.2 Å². The third-order valence-electron chi connectivity index (χ3n) is 2.39. The van der Waals surface area contributed by atoms with Crippen molar-refractivity contribution in [2.45, 2.75) is 19.4 Å². The van der Waals surface area contributed by atoms with Gasteiger partial charge in [0.05, 0.1) is 6.10 Å². The highest BCUT2D eigenvalue weighted by Gasteiger charge is 2.09. The molecule has 17 heavy (non-hydrogen) atoms. The largest absolute Gasteiger partial charge is 0.399 e. The van der Waals surface area contributed by atoms with Crippen molar-refractivity contribution in [3.63, 3.8) is 0 Å². The molecule has 5 heteroatoms. The summed E-state index contributed by atoms with van der Waals surface area (Å²) in [6, 6.07) is 6.75. The van der Waals surface area contributed by atoms with Gasteiger partial charge in [0, 0.05) is 25.0 Å². The highest BCUT2D eigenvalue weighted by Crippen LogP contribution is 2.11. The Morgan fingerprint density at radius 2 is 2.06 bits per heavy atom. The number of amides is 2. The summed E-state index contributed by atoms with van der Waals surface area (Å²) >= 11 is 0. The third kappa shape index (κ3) is 4.74. The highest BCUT2D eigenvalue weighted by atomic mass is 16.3. The molecule has 0 bridgehead atoms. The number of rotatable bonds is 4. The van der Waals surface area contributed by atoms with Crippen molar-refractivity contribution >= 4 is 17.4 Å². The second kappa shape index (κ2) is 6.10. The minimum Gasteiger partial charge on any atom is -0.399 e. The van der Waals surface area contributed by atoms with Crippen LogP contribution in [0.5, 0.6) is 0 Å². The number of nitrogens with one attached hydrogen (secondary N) is 1. The number of nitrogens with zero attached hydrogens (tertiary/aromatic N) is 1. The van der Waals surface area contributed by atoms with Gasteiger partial charge in [0.2, 0.25) is 0 Å². The lowest BCUT2D eigenvalue weighted by molar-refractivity contribution is 0.167. The molecule has 0 aliphatic carbocycles. The maximum absolute atomic E-state index is 11.7.